The van der Waals surface area contributed by atoms with Gasteiger partial charge in [-0.1, -0.05) is 49.2 Å². The quantitative estimate of drug-likeness (QED) is 0.545. The zero-order valence-electron chi connectivity index (χ0n) is 16.7. The first-order valence-electron chi connectivity index (χ1n) is 10.2. The summed E-state index contributed by atoms with van der Waals surface area (Å²) < 4.78 is 28.1. The molecule has 1 aromatic carbocycles. The summed E-state index contributed by atoms with van der Waals surface area (Å²) in [5, 5.41) is 0.292. The molecule has 1 aliphatic heterocycles. The maximum Gasteiger partial charge on any atom is 0.253 e. The van der Waals surface area contributed by atoms with Crippen LogP contribution in [0.25, 0.3) is 0 Å². The van der Waals surface area contributed by atoms with Crippen molar-refractivity contribution in [1.29, 1.82) is 0 Å². The second kappa shape index (κ2) is 8.48. The fourth-order valence-electron chi connectivity index (χ4n) is 4.54. The molecule has 1 aliphatic carbocycles. The predicted molar refractivity (Wildman–Crippen MR) is 121 cm³/mol. The molecule has 4 rings (SSSR count). The van der Waals surface area contributed by atoms with Gasteiger partial charge in [-0.15, -0.1) is 11.3 Å². The Morgan fingerprint density at radius 1 is 1.00 bits per heavy atom. The van der Waals surface area contributed by atoms with Gasteiger partial charge in [-0.3, -0.25) is 4.90 Å². The van der Waals surface area contributed by atoms with E-state index < -0.39 is 10.0 Å². The highest BCUT2D eigenvalue weighted by molar-refractivity contribution is 7.91. The van der Waals surface area contributed by atoms with Crippen LogP contribution in [0.15, 0.2) is 22.4 Å². The summed E-state index contributed by atoms with van der Waals surface area (Å²) in [5.74, 6) is 0. The number of sulfonamides is 1. The smallest absolute Gasteiger partial charge is 0.253 e. The number of benzene rings is 1. The van der Waals surface area contributed by atoms with Gasteiger partial charge in [0, 0.05) is 19.1 Å². The monoisotopic (exact) mass is 472 g/mol. The number of rotatable bonds is 7. The van der Waals surface area contributed by atoms with Crippen LogP contribution in [-0.4, -0.2) is 36.8 Å². The van der Waals surface area contributed by atoms with Gasteiger partial charge in [0.15, 0.2) is 0 Å². The van der Waals surface area contributed by atoms with E-state index in [0.29, 0.717) is 28.5 Å². The summed E-state index contributed by atoms with van der Waals surface area (Å²) in [5.41, 5.74) is 5.01. The molecule has 1 aromatic heterocycles. The van der Waals surface area contributed by atoms with Gasteiger partial charge in [-0.05, 0) is 67.1 Å². The van der Waals surface area contributed by atoms with Crippen molar-refractivity contribution in [2.45, 2.75) is 62.9 Å². The van der Waals surface area contributed by atoms with Crippen molar-refractivity contribution >= 4 is 44.6 Å². The van der Waals surface area contributed by atoms with Crippen molar-refractivity contribution in [3.05, 3.63) is 49.8 Å². The van der Waals surface area contributed by atoms with Crippen LogP contribution >= 0.6 is 34.5 Å². The van der Waals surface area contributed by atoms with Crippen LogP contribution in [0.4, 0.5) is 0 Å². The van der Waals surface area contributed by atoms with Crippen molar-refractivity contribution < 1.29 is 8.42 Å². The molecule has 0 unspecified atom stereocenters. The molecular weight excluding hydrogens is 447 g/mol. The van der Waals surface area contributed by atoms with E-state index in [9.17, 15) is 8.42 Å². The minimum atomic E-state index is -3.59. The Labute approximate surface area is 187 Å². The highest BCUT2D eigenvalue weighted by atomic mass is 35.5. The lowest BCUT2D eigenvalue weighted by Gasteiger charge is -2.27. The molecule has 8 heteroatoms. The van der Waals surface area contributed by atoms with E-state index in [1.807, 2.05) is 0 Å². The molecule has 0 saturated carbocycles. The summed E-state index contributed by atoms with van der Waals surface area (Å²) in [6.07, 6.45) is 4.47. The van der Waals surface area contributed by atoms with Crippen LogP contribution in [0.2, 0.25) is 9.36 Å². The second-order valence-electron chi connectivity index (χ2n) is 7.95. The number of halogens is 2. The molecule has 0 saturated heterocycles. The van der Waals surface area contributed by atoms with Gasteiger partial charge in [0.1, 0.15) is 8.55 Å². The fraction of sp³-hybridized carbons (Fsp3) is 0.524. The molecule has 2 aromatic rings. The molecule has 0 fully saturated rings. The van der Waals surface area contributed by atoms with Gasteiger partial charge in [0.05, 0.1) is 5.02 Å². The highest BCUT2D eigenvalue weighted by Crippen LogP contribution is 2.39. The van der Waals surface area contributed by atoms with Gasteiger partial charge >= 0.3 is 0 Å². The summed E-state index contributed by atoms with van der Waals surface area (Å²) >= 11 is 13.0. The van der Waals surface area contributed by atoms with E-state index in [2.05, 4.69) is 30.9 Å². The number of fused-ring (bicyclic) bond motifs is 2. The molecule has 29 heavy (non-hydrogen) atoms. The van der Waals surface area contributed by atoms with Crippen molar-refractivity contribution in [3.63, 3.8) is 0 Å². The Morgan fingerprint density at radius 3 is 2.00 bits per heavy atom. The van der Waals surface area contributed by atoms with Gasteiger partial charge < -0.3 is 0 Å². The highest BCUT2D eigenvalue weighted by Gasteiger charge is 2.35. The van der Waals surface area contributed by atoms with Crippen LogP contribution in [-0.2, 0) is 36.0 Å². The third-order valence-corrected chi connectivity index (χ3v) is 9.99. The van der Waals surface area contributed by atoms with Gasteiger partial charge in [0.25, 0.3) is 10.0 Å². The van der Waals surface area contributed by atoms with E-state index in [1.54, 1.807) is 0 Å². The summed E-state index contributed by atoms with van der Waals surface area (Å²) in [6.45, 7) is 7.59. The Bertz CT molecular complexity index is 959. The molecule has 158 valence electrons. The Hall–Kier alpha value is -0.630. The van der Waals surface area contributed by atoms with Crippen LogP contribution in [0, 0.1) is 0 Å². The summed E-state index contributed by atoms with van der Waals surface area (Å²) in [7, 11) is -3.59. The van der Waals surface area contributed by atoms with Gasteiger partial charge in [-0.25, -0.2) is 8.42 Å². The lowest BCUT2D eigenvalue weighted by atomic mass is 10.0. The maximum absolute atomic E-state index is 13.0. The van der Waals surface area contributed by atoms with E-state index in [1.165, 1.54) is 34.3 Å². The lowest BCUT2D eigenvalue weighted by Crippen LogP contribution is -2.37. The first kappa shape index (κ1) is 21.6. The Kier molecular flexibility index (Phi) is 6.32. The average molecular weight is 473 g/mol. The molecule has 2 aliphatic rings. The van der Waals surface area contributed by atoms with E-state index in [4.69, 9.17) is 23.2 Å². The third-order valence-electron chi connectivity index (χ3n) is 5.88. The number of hydrogen-bond acceptors (Lipinski definition) is 4. The maximum atomic E-state index is 13.0. The molecular formula is C21H26Cl2N2O2S2. The zero-order valence-corrected chi connectivity index (χ0v) is 19.9. The van der Waals surface area contributed by atoms with Crippen molar-refractivity contribution in [3.8, 4) is 0 Å². The van der Waals surface area contributed by atoms with E-state index in [-0.39, 0.29) is 4.21 Å². The predicted octanol–water partition coefficient (Wildman–Crippen LogP) is 5.35. The van der Waals surface area contributed by atoms with Crippen LogP contribution in [0.5, 0.6) is 0 Å². The minimum absolute atomic E-state index is 0.211. The molecule has 0 N–H and O–H groups in total. The lowest BCUT2D eigenvalue weighted by molar-refractivity contribution is 0.202. The minimum Gasteiger partial charge on any atom is -0.300 e. The summed E-state index contributed by atoms with van der Waals surface area (Å²) in [4.78, 5) is 2.62. The van der Waals surface area contributed by atoms with Crippen LogP contribution in [0.3, 0.4) is 0 Å². The van der Waals surface area contributed by atoms with Crippen molar-refractivity contribution in [2.75, 3.05) is 13.1 Å². The first-order chi connectivity index (χ1) is 13.8. The zero-order chi connectivity index (χ0) is 20.8. The van der Waals surface area contributed by atoms with Crippen LogP contribution in [0.1, 0.15) is 48.9 Å². The normalized spacial score (nSPS) is 17.3. The Morgan fingerprint density at radius 2 is 1.55 bits per heavy atom. The Balaban J connectivity index is 1.52. The molecule has 0 atom stereocenters. The molecule has 0 spiro atoms. The van der Waals surface area contributed by atoms with E-state index in [0.717, 1.165) is 48.4 Å². The van der Waals surface area contributed by atoms with Gasteiger partial charge in [-0.2, -0.15) is 4.31 Å². The first-order valence-corrected chi connectivity index (χ1v) is 13.2. The topological polar surface area (TPSA) is 40.6 Å². The third kappa shape index (κ3) is 4.12. The molecule has 2 heterocycles. The number of thiophene rings is 1. The molecule has 0 amide bonds. The van der Waals surface area contributed by atoms with E-state index >= 15 is 0 Å². The summed E-state index contributed by atoms with van der Waals surface area (Å²) in [6, 6.07) is 6.51. The standard InChI is InChI=1S/C21H26Cl2N2O2S2/c1-3-5-24(6-4-2)18-9-14-7-16-12-25(13-17(16)8-15(14)10-18)29(26,27)20-11-19(22)21(23)28-20/h7-8,11,18H,3-6,9-10,12-13H2,1-2H3. The SMILES string of the molecule is CCCN(CCC)C1Cc2cc3c(cc2C1)CN(S(=O)(=O)c1cc(Cl)c(Cl)s1)C3. The number of nitrogens with zero attached hydrogens (tertiary/aromatic N) is 2. The molecule has 0 radical (unpaired) electrons. The van der Waals surface area contributed by atoms with Crippen molar-refractivity contribution in [1.82, 2.24) is 9.21 Å². The number of hydrogen-bond donors (Lipinski definition) is 0. The molecule has 4 nitrogen and oxygen atoms in total. The second-order valence-corrected chi connectivity index (χ2v) is 12.2. The largest absolute Gasteiger partial charge is 0.300 e. The van der Waals surface area contributed by atoms with Gasteiger partial charge in [0.2, 0.25) is 0 Å². The van der Waals surface area contributed by atoms with Crippen molar-refractivity contribution in [2.24, 2.45) is 0 Å². The average Bonchev–Trinajstić information content (AvgIpc) is 3.36. The molecule has 0 bridgehead atoms. The fourth-order valence-corrected chi connectivity index (χ4v) is 7.97. The van der Waals surface area contributed by atoms with Crippen LogP contribution < -0.4 is 0 Å².